The smallest absolute Gasteiger partial charge is 0.306 e. The van der Waals surface area contributed by atoms with E-state index in [4.69, 9.17) is 0 Å². The van der Waals surface area contributed by atoms with Gasteiger partial charge in [0.25, 0.3) is 0 Å². The van der Waals surface area contributed by atoms with E-state index in [9.17, 15) is 34.8 Å². The fourth-order valence-electron chi connectivity index (χ4n) is 9.49. The number of allylic oxidation sites excluding steroid dienone is 1. The van der Waals surface area contributed by atoms with Crippen molar-refractivity contribution in [1.82, 2.24) is 0 Å². The molecule has 0 radical (unpaired) electrons. The summed E-state index contributed by atoms with van der Waals surface area (Å²) in [5, 5.41) is 41.9. The number of rotatable bonds is 7. The highest BCUT2D eigenvalue weighted by molar-refractivity contribution is 6.00. The Hall–Kier alpha value is -1.57. The number of carboxylic acid groups (broad SMARTS) is 1. The van der Waals surface area contributed by atoms with Crippen LogP contribution in [0.4, 0.5) is 0 Å². The quantitative estimate of drug-likeness (QED) is 0.401. The molecule has 0 heterocycles. The molecule has 2 fully saturated rings. The van der Waals surface area contributed by atoms with Crippen molar-refractivity contribution in [2.45, 2.75) is 105 Å². The monoisotopic (exact) mass is 518 g/mol. The lowest BCUT2D eigenvalue weighted by Gasteiger charge is -2.61. The Kier molecular flexibility index (Phi) is 7.12. The molecule has 4 aliphatic carbocycles. The summed E-state index contributed by atoms with van der Waals surface area (Å²) in [6, 6.07) is 0. The van der Waals surface area contributed by atoms with Crippen molar-refractivity contribution in [2.24, 2.45) is 45.3 Å². The van der Waals surface area contributed by atoms with Gasteiger partial charge in [-0.15, -0.1) is 0 Å². The zero-order chi connectivity index (χ0) is 27.7. The second-order valence-electron chi connectivity index (χ2n) is 13.8. The van der Waals surface area contributed by atoms with Gasteiger partial charge in [-0.1, -0.05) is 47.1 Å². The Morgan fingerprint density at radius 2 is 1.68 bits per heavy atom. The average Bonchev–Trinajstić information content (AvgIpc) is 3.02. The van der Waals surface area contributed by atoms with Gasteiger partial charge in [-0.05, 0) is 60.7 Å². The van der Waals surface area contributed by atoms with Gasteiger partial charge in [-0.2, -0.15) is 0 Å². The molecule has 0 aliphatic heterocycles. The summed E-state index contributed by atoms with van der Waals surface area (Å²) in [6.45, 7) is 11.7. The normalized spacial score (nSPS) is 45.1. The summed E-state index contributed by atoms with van der Waals surface area (Å²) in [6.07, 6.45) is 2.40. The number of aliphatic hydroxyl groups excluding tert-OH is 3. The maximum absolute atomic E-state index is 14.1. The van der Waals surface area contributed by atoms with Crippen LogP contribution in [0.15, 0.2) is 11.1 Å². The van der Waals surface area contributed by atoms with E-state index < -0.39 is 45.8 Å². The first-order valence-corrected chi connectivity index (χ1v) is 14.1. The Balaban J connectivity index is 1.70. The summed E-state index contributed by atoms with van der Waals surface area (Å²) >= 11 is 0. The number of hydrogen-bond acceptors (Lipinski definition) is 6. The van der Waals surface area contributed by atoms with E-state index in [0.29, 0.717) is 32.1 Å². The number of aliphatic hydroxyl groups is 3. The Morgan fingerprint density at radius 3 is 2.27 bits per heavy atom. The SMILES string of the molecule is C[C@H](CC(=O)C[C@@H](C)[C@H]1C[C@H](O)[C@@]2(C)C3=C(C(=O)C[C@]12C)[C@@]1(C)CC[C@H](O)[C@](C)(CO)[C@H]1CC3)C(=O)O. The Labute approximate surface area is 220 Å². The van der Waals surface area contributed by atoms with Crippen molar-refractivity contribution in [3.05, 3.63) is 11.1 Å². The maximum atomic E-state index is 14.1. The van der Waals surface area contributed by atoms with Gasteiger partial charge >= 0.3 is 5.97 Å². The first kappa shape index (κ1) is 28.4. The molecule has 4 aliphatic rings. The van der Waals surface area contributed by atoms with Crippen LogP contribution in [0.5, 0.6) is 0 Å². The van der Waals surface area contributed by atoms with Gasteiger partial charge in [-0.25, -0.2) is 0 Å². The molecule has 0 aromatic carbocycles. The molecule has 208 valence electrons. The molecule has 7 heteroatoms. The maximum Gasteiger partial charge on any atom is 0.306 e. The zero-order valence-electron chi connectivity index (χ0n) is 23.3. The number of ketones is 2. The van der Waals surface area contributed by atoms with Crippen LogP contribution in [0.25, 0.3) is 0 Å². The molecular weight excluding hydrogens is 472 g/mol. The van der Waals surface area contributed by atoms with Crippen LogP contribution < -0.4 is 0 Å². The van der Waals surface area contributed by atoms with E-state index in [0.717, 1.165) is 17.6 Å². The fraction of sp³-hybridized carbons (Fsp3) is 0.833. The van der Waals surface area contributed by atoms with Gasteiger partial charge in [-0.3, -0.25) is 14.4 Å². The molecule has 4 N–H and O–H groups in total. The topological polar surface area (TPSA) is 132 Å². The van der Waals surface area contributed by atoms with E-state index in [1.165, 1.54) is 0 Å². The van der Waals surface area contributed by atoms with Crippen LogP contribution in [0.3, 0.4) is 0 Å². The van der Waals surface area contributed by atoms with Gasteiger partial charge in [0.2, 0.25) is 0 Å². The van der Waals surface area contributed by atoms with Gasteiger partial charge in [0.15, 0.2) is 5.78 Å². The molecule has 0 amide bonds. The van der Waals surface area contributed by atoms with E-state index in [-0.39, 0.29) is 48.8 Å². The predicted octanol–water partition coefficient (Wildman–Crippen LogP) is 3.92. The number of carboxylic acids is 1. The second-order valence-corrected chi connectivity index (χ2v) is 13.8. The van der Waals surface area contributed by atoms with Crippen LogP contribution in [-0.2, 0) is 14.4 Å². The lowest BCUT2D eigenvalue weighted by atomic mass is 9.42. The Morgan fingerprint density at radius 1 is 1.03 bits per heavy atom. The highest BCUT2D eigenvalue weighted by atomic mass is 16.4. The van der Waals surface area contributed by atoms with Crippen LogP contribution in [0.2, 0.25) is 0 Å². The molecule has 0 unspecified atom stereocenters. The third kappa shape index (κ3) is 3.89. The van der Waals surface area contributed by atoms with Gasteiger partial charge in [0.05, 0.1) is 24.7 Å². The van der Waals surface area contributed by atoms with Gasteiger partial charge < -0.3 is 20.4 Å². The fourth-order valence-corrected chi connectivity index (χ4v) is 9.49. The van der Waals surface area contributed by atoms with Crippen molar-refractivity contribution in [2.75, 3.05) is 6.61 Å². The largest absolute Gasteiger partial charge is 0.481 e. The molecule has 0 bridgehead atoms. The summed E-state index contributed by atoms with van der Waals surface area (Å²) in [4.78, 5) is 38.0. The Bertz CT molecular complexity index is 1020. The van der Waals surface area contributed by atoms with Crippen molar-refractivity contribution in [3.63, 3.8) is 0 Å². The summed E-state index contributed by atoms with van der Waals surface area (Å²) < 4.78 is 0. The number of fused-ring (bicyclic) bond motifs is 4. The van der Waals surface area contributed by atoms with Crippen LogP contribution in [0.1, 0.15) is 92.9 Å². The van der Waals surface area contributed by atoms with E-state index in [1.54, 1.807) is 6.92 Å². The lowest BCUT2D eigenvalue weighted by molar-refractivity contribution is -0.144. The van der Waals surface area contributed by atoms with E-state index in [1.807, 2.05) is 13.8 Å². The lowest BCUT2D eigenvalue weighted by Crippen LogP contribution is -2.59. The molecule has 0 aromatic heterocycles. The van der Waals surface area contributed by atoms with Gasteiger partial charge in [0.1, 0.15) is 5.78 Å². The number of carbonyl (C=O) groups is 3. The van der Waals surface area contributed by atoms with Crippen LogP contribution in [0, 0.1) is 45.3 Å². The highest BCUT2D eigenvalue weighted by Crippen LogP contribution is 2.71. The van der Waals surface area contributed by atoms with Crippen molar-refractivity contribution in [1.29, 1.82) is 0 Å². The third-order valence-electron chi connectivity index (χ3n) is 11.9. The number of hydrogen-bond donors (Lipinski definition) is 4. The minimum Gasteiger partial charge on any atom is -0.481 e. The molecule has 10 atom stereocenters. The average molecular weight is 519 g/mol. The molecule has 7 nitrogen and oxygen atoms in total. The first-order chi connectivity index (χ1) is 17.1. The van der Waals surface area contributed by atoms with Crippen molar-refractivity contribution in [3.8, 4) is 0 Å². The molecule has 2 saturated carbocycles. The van der Waals surface area contributed by atoms with Crippen molar-refractivity contribution < 1.29 is 34.8 Å². The summed E-state index contributed by atoms with van der Waals surface area (Å²) in [5.41, 5.74) is -0.377. The number of aliphatic carboxylic acids is 1. The van der Waals surface area contributed by atoms with Crippen molar-refractivity contribution >= 4 is 17.5 Å². The molecular formula is C30H46O7. The minimum absolute atomic E-state index is 0.00756. The third-order valence-corrected chi connectivity index (χ3v) is 11.9. The molecule has 37 heavy (non-hydrogen) atoms. The van der Waals surface area contributed by atoms with Crippen LogP contribution in [-0.4, -0.2) is 56.8 Å². The molecule has 0 spiro atoms. The van der Waals surface area contributed by atoms with E-state index in [2.05, 4.69) is 20.8 Å². The second kappa shape index (κ2) is 9.27. The molecule has 0 saturated heterocycles. The van der Waals surface area contributed by atoms with E-state index >= 15 is 0 Å². The highest BCUT2D eigenvalue weighted by Gasteiger charge is 2.68. The predicted molar refractivity (Wildman–Crippen MR) is 138 cm³/mol. The van der Waals surface area contributed by atoms with Gasteiger partial charge in [0, 0.05) is 35.7 Å². The summed E-state index contributed by atoms with van der Waals surface area (Å²) in [7, 11) is 0. The molecule has 0 aromatic rings. The van der Waals surface area contributed by atoms with Crippen LogP contribution >= 0.6 is 0 Å². The summed E-state index contributed by atoms with van der Waals surface area (Å²) in [5.74, 6) is -1.84. The zero-order valence-corrected chi connectivity index (χ0v) is 23.3. The standard InChI is InChI=1S/C30H46O7/c1-16(11-18(32)12-17(2)26(36)37)20-13-24(35)30(6)19-7-8-22-27(3,10-9-23(34)28(22,4)15-31)25(19)21(33)14-29(20,30)5/h16-17,20,22-24,31,34-35H,7-15H2,1-6H3,(H,36,37)/t16-,17-,20-,22+,23+,24+,27+,28-,29-,30-/m1/s1. The minimum atomic E-state index is -0.981. The molecule has 4 rings (SSSR count). The number of Topliss-reactive ketones (excluding diaryl/α,β-unsaturated/α-hetero) is 2. The number of carbonyl (C=O) groups excluding carboxylic acids is 2. The first-order valence-electron chi connectivity index (χ1n) is 14.1.